The van der Waals surface area contributed by atoms with Crippen LogP contribution in [-0.4, -0.2) is 22.2 Å². The van der Waals surface area contributed by atoms with Crippen molar-refractivity contribution in [2.24, 2.45) is 5.73 Å². The molecule has 5 nitrogen and oxygen atoms in total. The van der Waals surface area contributed by atoms with Gasteiger partial charge >= 0.3 is 5.97 Å². The predicted molar refractivity (Wildman–Crippen MR) is 129 cm³/mol. The molecule has 2 rings (SSSR count). The Balaban J connectivity index is 1.99. The van der Waals surface area contributed by atoms with Crippen LogP contribution in [0, 0.1) is 14.3 Å². The van der Waals surface area contributed by atoms with E-state index in [0.717, 1.165) is 11.1 Å². The molecular weight excluding hydrogens is 778 g/mol. The van der Waals surface area contributed by atoms with Gasteiger partial charge in [0.2, 0.25) is 0 Å². The van der Waals surface area contributed by atoms with Crippen LogP contribution in [0.15, 0.2) is 24.3 Å². The van der Waals surface area contributed by atoms with Gasteiger partial charge in [-0.3, -0.25) is 4.79 Å². The highest BCUT2D eigenvalue weighted by atomic mass is 127. The zero-order valence-corrected chi connectivity index (χ0v) is 21.2. The predicted octanol–water partition coefficient (Wildman–Crippen LogP) is 4.13. The molecule has 0 aromatic heterocycles. The number of ether oxygens (including phenoxy) is 1. The average molecular weight is 791 g/mol. The lowest BCUT2D eigenvalue weighted by Gasteiger charge is -2.13. The summed E-state index contributed by atoms with van der Waals surface area (Å²) in [6, 6.07) is 6.35. The number of carbonyl (C=O) groups is 1. The van der Waals surface area contributed by atoms with E-state index in [1.54, 1.807) is 24.3 Å². The van der Waals surface area contributed by atoms with E-state index in [2.05, 4.69) is 0 Å². The first-order valence-electron chi connectivity index (χ1n) is 6.95. The summed E-state index contributed by atoms with van der Waals surface area (Å²) < 4.78 is 8.13. The van der Waals surface area contributed by atoms with Crippen LogP contribution in [0.3, 0.4) is 0 Å². The van der Waals surface area contributed by atoms with E-state index in [9.17, 15) is 15.0 Å². The van der Waals surface area contributed by atoms with Gasteiger partial charge in [0, 0.05) is 0 Å². The molecule has 0 radical (unpaired) electrons. The van der Waals surface area contributed by atoms with E-state index in [1.165, 1.54) is 0 Å². The Labute approximate surface area is 199 Å². The van der Waals surface area contributed by atoms with Gasteiger partial charge in [-0.05, 0) is 132 Å². The van der Waals surface area contributed by atoms with Crippen molar-refractivity contribution in [3.05, 3.63) is 49.7 Å². The van der Waals surface area contributed by atoms with Crippen LogP contribution in [-0.2, 0) is 22.6 Å². The van der Waals surface area contributed by atoms with Crippen molar-refractivity contribution >= 4 is 96.3 Å². The second-order valence-corrected chi connectivity index (χ2v) is 9.88. The Morgan fingerprint density at radius 2 is 1.32 bits per heavy atom. The molecule has 0 amide bonds. The molecule has 0 saturated carbocycles. The summed E-state index contributed by atoms with van der Waals surface area (Å²) in [6.07, 6.45) is 0.329. The molecule has 0 aliphatic heterocycles. The minimum Gasteiger partial charge on any atom is -0.506 e. The maximum atomic E-state index is 12.1. The Hall–Kier alpha value is 0.390. The lowest BCUT2D eigenvalue weighted by atomic mass is 10.1. The van der Waals surface area contributed by atoms with Crippen LogP contribution in [0.4, 0.5) is 0 Å². The zero-order valence-electron chi connectivity index (χ0n) is 12.6. The number of esters is 1. The van der Waals surface area contributed by atoms with Gasteiger partial charge in [0.15, 0.2) is 0 Å². The quantitative estimate of drug-likeness (QED) is 0.314. The summed E-state index contributed by atoms with van der Waals surface area (Å²) in [5, 5.41) is 19.6. The van der Waals surface area contributed by atoms with Gasteiger partial charge in [0.25, 0.3) is 0 Å². The maximum Gasteiger partial charge on any atom is 0.323 e. The fraction of sp³-hybridized carbons (Fsp3) is 0.188. The van der Waals surface area contributed by atoms with E-state index >= 15 is 0 Å². The zero-order chi connectivity index (χ0) is 18.7. The number of rotatable bonds is 5. The molecule has 0 bridgehead atoms. The third-order valence-electron chi connectivity index (χ3n) is 3.29. The Bertz CT molecular complexity index is 767. The summed E-state index contributed by atoms with van der Waals surface area (Å²) in [5.74, 6) is -0.0293. The lowest BCUT2D eigenvalue weighted by molar-refractivity contribution is -0.146. The number of carbonyl (C=O) groups excluding carboxylic acids is 1. The minimum atomic E-state index is -0.786. The molecule has 0 aliphatic carbocycles. The highest BCUT2D eigenvalue weighted by Gasteiger charge is 2.18. The van der Waals surface area contributed by atoms with Crippen molar-refractivity contribution in [3.8, 4) is 11.5 Å². The van der Waals surface area contributed by atoms with Gasteiger partial charge in [-0.25, -0.2) is 0 Å². The number of benzene rings is 2. The van der Waals surface area contributed by atoms with Crippen LogP contribution in [0.5, 0.6) is 11.5 Å². The standard InChI is InChI=1S/C16H13I4NO4/c17-9-1-7(2-10(18)14(9)22)5-13(21)16(24)25-6-8-3-11(19)15(23)12(20)4-8/h1-4,13,22-23H,5-6,21H2/t13-/m0/s1. The Morgan fingerprint density at radius 3 is 1.76 bits per heavy atom. The maximum absolute atomic E-state index is 12.1. The normalized spacial score (nSPS) is 12.0. The number of phenols is 2. The van der Waals surface area contributed by atoms with E-state index in [0.29, 0.717) is 20.7 Å². The first-order valence-corrected chi connectivity index (χ1v) is 11.3. The van der Waals surface area contributed by atoms with E-state index in [4.69, 9.17) is 10.5 Å². The van der Waals surface area contributed by atoms with Crippen molar-refractivity contribution in [3.63, 3.8) is 0 Å². The van der Waals surface area contributed by atoms with E-state index < -0.39 is 12.0 Å². The van der Waals surface area contributed by atoms with E-state index in [1.807, 2.05) is 90.4 Å². The molecule has 0 heterocycles. The van der Waals surface area contributed by atoms with Gasteiger partial charge in [-0.2, -0.15) is 0 Å². The minimum absolute atomic E-state index is 0.101. The molecule has 0 aliphatic rings. The van der Waals surface area contributed by atoms with Gasteiger partial charge in [0.1, 0.15) is 24.1 Å². The summed E-state index contributed by atoms with van der Waals surface area (Å²) in [6.45, 7) is 0.101. The monoisotopic (exact) mass is 791 g/mol. The van der Waals surface area contributed by atoms with Gasteiger partial charge in [0.05, 0.1) is 14.3 Å². The molecule has 9 heteroatoms. The number of halogens is 4. The molecule has 134 valence electrons. The second-order valence-electron chi connectivity index (χ2n) is 5.23. The van der Waals surface area contributed by atoms with Crippen LogP contribution < -0.4 is 5.73 Å². The van der Waals surface area contributed by atoms with Crippen molar-refractivity contribution in [1.82, 2.24) is 0 Å². The number of hydrogen-bond acceptors (Lipinski definition) is 5. The molecule has 25 heavy (non-hydrogen) atoms. The van der Waals surface area contributed by atoms with Crippen LogP contribution in [0.1, 0.15) is 11.1 Å². The van der Waals surface area contributed by atoms with E-state index in [-0.39, 0.29) is 18.1 Å². The first kappa shape index (κ1) is 21.7. The molecule has 4 N–H and O–H groups in total. The fourth-order valence-corrected chi connectivity index (χ4v) is 5.83. The SMILES string of the molecule is N[C@@H](Cc1cc(I)c(O)c(I)c1)C(=O)OCc1cc(I)c(O)c(I)c1. The average Bonchev–Trinajstić information content (AvgIpc) is 2.55. The van der Waals surface area contributed by atoms with Gasteiger partial charge in [-0.1, -0.05) is 0 Å². The third-order valence-corrected chi connectivity index (χ3v) is 6.58. The highest BCUT2D eigenvalue weighted by Crippen LogP contribution is 2.29. The molecule has 0 saturated heterocycles. The molecule has 2 aromatic rings. The van der Waals surface area contributed by atoms with Gasteiger partial charge in [-0.15, -0.1) is 0 Å². The van der Waals surface area contributed by atoms with Crippen LogP contribution >= 0.6 is 90.4 Å². The summed E-state index contributed by atoms with van der Waals surface area (Å²) in [7, 11) is 0. The molecule has 2 aromatic carbocycles. The topological polar surface area (TPSA) is 92.8 Å². The molecular formula is C16H13I4NO4. The van der Waals surface area contributed by atoms with Crippen LogP contribution in [0.25, 0.3) is 0 Å². The Kier molecular flexibility index (Phi) is 8.28. The first-order chi connectivity index (χ1) is 11.7. The lowest BCUT2D eigenvalue weighted by Crippen LogP contribution is -2.34. The number of hydrogen-bond donors (Lipinski definition) is 3. The van der Waals surface area contributed by atoms with Crippen molar-refractivity contribution < 1.29 is 19.7 Å². The molecule has 0 fully saturated rings. The largest absolute Gasteiger partial charge is 0.506 e. The van der Waals surface area contributed by atoms with Crippen molar-refractivity contribution in [2.75, 3.05) is 0 Å². The molecule has 1 atom stereocenters. The number of nitrogens with two attached hydrogens (primary N) is 1. The van der Waals surface area contributed by atoms with Crippen molar-refractivity contribution in [1.29, 1.82) is 0 Å². The summed E-state index contributed by atoms with van der Waals surface area (Å²) in [4.78, 5) is 12.1. The number of phenolic OH excluding ortho intramolecular Hbond substituents is 2. The molecule has 0 unspecified atom stereocenters. The smallest absolute Gasteiger partial charge is 0.323 e. The Morgan fingerprint density at radius 1 is 0.920 bits per heavy atom. The number of aromatic hydroxyl groups is 2. The van der Waals surface area contributed by atoms with Crippen LogP contribution in [0.2, 0.25) is 0 Å². The summed E-state index contributed by atoms with van der Waals surface area (Å²) >= 11 is 8.13. The third kappa shape index (κ3) is 5.93. The second kappa shape index (κ2) is 9.54. The van der Waals surface area contributed by atoms with Gasteiger partial charge < -0.3 is 20.7 Å². The molecule has 0 spiro atoms. The highest BCUT2D eigenvalue weighted by molar-refractivity contribution is 14.1. The van der Waals surface area contributed by atoms with Crippen molar-refractivity contribution in [2.45, 2.75) is 19.1 Å². The summed E-state index contributed by atoms with van der Waals surface area (Å²) in [5.41, 5.74) is 7.61. The fourth-order valence-electron chi connectivity index (χ4n) is 2.04.